The molecule has 6 heteroatoms. The number of hydrogen-bond acceptors (Lipinski definition) is 3. The highest BCUT2D eigenvalue weighted by molar-refractivity contribution is 6.06. The zero-order chi connectivity index (χ0) is 18.5. The van der Waals surface area contributed by atoms with E-state index in [1.165, 1.54) is 12.1 Å². The van der Waals surface area contributed by atoms with Crippen molar-refractivity contribution in [2.75, 3.05) is 0 Å². The summed E-state index contributed by atoms with van der Waals surface area (Å²) in [6.45, 7) is 0.354. The second-order valence-electron chi connectivity index (χ2n) is 5.64. The van der Waals surface area contributed by atoms with Gasteiger partial charge in [0.25, 0.3) is 0 Å². The van der Waals surface area contributed by atoms with Gasteiger partial charge in [0.2, 0.25) is 0 Å². The van der Waals surface area contributed by atoms with E-state index in [-0.39, 0.29) is 5.56 Å². The number of halogens is 2. The fourth-order valence-corrected chi connectivity index (χ4v) is 2.28. The maximum Gasteiger partial charge on any atom is 0.185 e. The topological polar surface area (TPSA) is 44.1 Å². The Labute approximate surface area is 149 Å². The first-order valence-electron chi connectivity index (χ1n) is 7.89. The van der Waals surface area contributed by atoms with Crippen LogP contribution in [0.3, 0.4) is 0 Å². The van der Waals surface area contributed by atoms with Crippen LogP contribution in [0.1, 0.15) is 21.7 Å². The number of hydrogen-bond donors (Lipinski definition) is 0. The number of ether oxygens (including phenoxy) is 1. The maximum atomic E-state index is 13.2. The number of ketones is 1. The molecule has 0 aliphatic heterocycles. The molecular weight excluding hydrogens is 338 g/mol. The number of imidazole rings is 1. The molecule has 0 aliphatic carbocycles. The minimum atomic E-state index is -1.04. The fraction of sp³-hybridized carbons (Fsp3) is 0.100. The van der Waals surface area contributed by atoms with E-state index >= 15 is 0 Å². The highest BCUT2D eigenvalue weighted by atomic mass is 19.2. The van der Waals surface area contributed by atoms with Crippen molar-refractivity contribution in [1.82, 2.24) is 9.55 Å². The fourth-order valence-electron chi connectivity index (χ4n) is 2.28. The van der Waals surface area contributed by atoms with E-state index in [9.17, 15) is 13.6 Å². The van der Waals surface area contributed by atoms with Crippen LogP contribution in [-0.2, 0) is 13.7 Å². The highest BCUT2D eigenvalue weighted by Gasteiger charge is 2.07. The van der Waals surface area contributed by atoms with Gasteiger partial charge in [-0.1, -0.05) is 18.2 Å². The Morgan fingerprint density at radius 2 is 1.92 bits per heavy atom. The summed E-state index contributed by atoms with van der Waals surface area (Å²) in [6, 6.07) is 10.2. The zero-order valence-corrected chi connectivity index (χ0v) is 14.0. The number of carbonyl (C=O) groups excluding carboxylic acids is 1. The molecular formula is C20H16F2N2O2. The van der Waals surface area contributed by atoms with Crippen LogP contribution < -0.4 is 4.74 Å². The summed E-state index contributed by atoms with van der Waals surface area (Å²) < 4.78 is 33.6. The number of aryl methyl sites for hydroxylation is 1. The Bertz CT molecular complexity index is 947. The van der Waals surface area contributed by atoms with Gasteiger partial charge in [0.1, 0.15) is 18.2 Å². The lowest BCUT2D eigenvalue weighted by Gasteiger charge is -2.06. The first kappa shape index (κ1) is 17.5. The molecule has 26 heavy (non-hydrogen) atoms. The molecule has 0 bridgehead atoms. The molecule has 0 aliphatic rings. The van der Waals surface area contributed by atoms with E-state index in [0.29, 0.717) is 12.4 Å². The Morgan fingerprint density at radius 3 is 2.58 bits per heavy atom. The maximum absolute atomic E-state index is 13.2. The van der Waals surface area contributed by atoms with Gasteiger partial charge in [0.15, 0.2) is 17.4 Å². The standard InChI is InChI=1S/C20H16F2N2O2/c1-24-11-10-23-20(24)13-26-16-6-2-14(3-7-16)4-9-19(25)15-5-8-17(21)18(22)12-15/h2-12H,13H2,1H3/b9-4+. The van der Waals surface area contributed by atoms with Gasteiger partial charge >= 0.3 is 0 Å². The zero-order valence-electron chi connectivity index (χ0n) is 14.0. The van der Waals surface area contributed by atoms with Gasteiger partial charge in [-0.15, -0.1) is 0 Å². The van der Waals surface area contributed by atoms with Gasteiger partial charge in [-0.25, -0.2) is 13.8 Å². The Balaban J connectivity index is 1.61. The van der Waals surface area contributed by atoms with E-state index < -0.39 is 17.4 Å². The second-order valence-corrected chi connectivity index (χ2v) is 5.64. The molecule has 0 spiro atoms. The van der Waals surface area contributed by atoms with E-state index in [4.69, 9.17) is 4.74 Å². The molecule has 0 atom stereocenters. The van der Waals surface area contributed by atoms with E-state index in [1.807, 2.05) is 17.8 Å². The van der Waals surface area contributed by atoms with Gasteiger partial charge < -0.3 is 9.30 Å². The van der Waals surface area contributed by atoms with Crippen molar-refractivity contribution in [1.29, 1.82) is 0 Å². The summed E-state index contributed by atoms with van der Waals surface area (Å²) in [5.41, 5.74) is 0.875. The molecule has 3 rings (SSSR count). The van der Waals surface area contributed by atoms with Crippen molar-refractivity contribution in [2.45, 2.75) is 6.61 Å². The summed E-state index contributed by atoms with van der Waals surface area (Å²) in [5.74, 6) is -0.938. The van der Waals surface area contributed by atoms with E-state index in [2.05, 4.69) is 4.98 Å². The summed E-state index contributed by atoms with van der Waals surface area (Å²) in [7, 11) is 1.89. The lowest BCUT2D eigenvalue weighted by molar-refractivity contribution is 0.104. The SMILES string of the molecule is Cn1ccnc1COc1ccc(/C=C/C(=O)c2ccc(F)c(F)c2)cc1. The first-order valence-corrected chi connectivity index (χ1v) is 7.89. The van der Waals surface area contributed by atoms with Crippen LogP contribution >= 0.6 is 0 Å². The molecule has 132 valence electrons. The number of nitrogens with zero attached hydrogens (tertiary/aromatic N) is 2. The van der Waals surface area contributed by atoms with Gasteiger partial charge in [-0.3, -0.25) is 4.79 Å². The van der Waals surface area contributed by atoms with Crippen LogP contribution in [0.15, 0.2) is 60.9 Å². The normalized spacial score (nSPS) is 11.0. The van der Waals surface area contributed by atoms with E-state index in [0.717, 1.165) is 23.5 Å². The molecule has 0 amide bonds. The number of rotatable bonds is 6. The summed E-state index contributed by atoms with van der Waals surface area (Å²) in [6.07, 6.45) is 6.47. The van der Waals surface area contributed by atoms with Gasteiger partial charge in [0, 0.05) is 25.0 Å². The van der Waals surface area contributed by atoms with Gasteiger partial charge in [-0.2, -0.15) is 0 Å². The third-order valence-corrected chi connectivity index (χ3v) is 3.80. The molecule has 3 aromatic rings. The Kier molecular flexibility index (Phi) is 5.22. The van der Waals surface area contributed by atoms with Gasteiger partial charge in [0.05, 0.1) is 0 Å². The average Bonchev–Trinajstić information content (AvgIpc) is 3.06. The van der Waals surface area contributed by atoms with Crippen molar-refractivity contribution >= 4 is 11.9 Å². The van der Waals surface area contributed by atoms with Crippen LogP contribution in [0.2, 0.25) is 0 Å². The molecule has 1 heterocycles. The van der Waals surface area contributed by atoms with Crippen molar-refractivity contribution in [2.24, 2.45) is 7.05 Å². The lowest BCUT2D eigenvalue weighted by atomic mass is 10.1. The Hall–Kier alpha value is -3.28. The lowest BCUT2D eigenvalue weighted by Crippen LogP contribution is -2.02. The molecule has 0 saturated heterocycles. The monoisotopic (exact) mass is 354 g/mol. The molecule has 0 fully saturated rings. The summed E-state index contributed by atoms with van der Waals surface area (Å²) in [4.78, 5) is 16.2. The van der Waals surface area contributed by atoms with Crippen LogP contribution in [0.5, 0.6) is 5.75 Å². The van der Waals surface area contributed by atoms with Crippen LogP contribution in [0.25, 0.3) is 6.08 Å². The predicted molar refractivity (Wildman–Crippen MR) is 93.7 cm³/mol. The molecule has 4 nitrogen and oxygen atoms in total. The number of allylic oxidation sites excluding steroid dienone is 1. The third-order valence-electron chi connectivity index (χ3n) is 3.80. The Morgan fingerprint density at radius 1 is 1.15 bits per heavy atom. The number of benzene rings is 2. The molecule has 1 aromatic heterocycles. The van der Waals surface area contributed by atoms with Crippen molar-refractivity contribution < 1.29 is 18.3 Å². The summed E-state index contributed by atoms with van der Waals surface area (Å²) in [5, 5.41) is 0. The van der Waals surface area contributed by atoms with Gasteiger partial charge in [-0.05, 0) is 42.0 Å². The average molecular weight is 354 g/mol. The first-order chi connectivity index (χ1) is 12.5. The van der Waals surface area contributed by atoms with Crippen LogP contribution in [-0.4, -0.2) is 15.3 Å². The van der Waals surface area contributed by atoms with E-state index in [1.54, 1.807) is 36.5 Å². The number of aromatic nitrogens is 2. The molecule has 2 aromatic carbocycles. The quantitative estimate of drug-likeness (QED) is 0.493. The predicted octanol–water partition coefficient (Wildman–Crippen LogP) is 4.17. The van der Waals surface area contributed by atoms with Crippen molar-refractivity contribution in [3.8, 4) is 5.75 Å². The van der Waals surface area contributed by atoms with Crippen LogP contribution in [0.4, 0.5) is 8.78 Å². The highest BCUT2D eigenvalue weighted by Crippen LogP contribution is 2.15. The third kappa shape index (κ3) is 4.22. The molecule has 0 N–H and O–H groups in total. The van der Waals surface area contributed by atoms with Crippen LogP contribution in [0, 0.1) is 11.6 Å². The smallest absolute Gasteiger partial charge is 0.185 e. The second kappa shape index (κ2) is 7.74. The molecule has 0 radical (unpaired) electrons. The molecule has 0 saturated carbocycles. The summed E-state index contributed by atoms with van der Waals surface area (Å²) >= 11 is 0. The largest absolute Gasteiger partial charge is 0.486 e. The minimum Gasteiger partial charge on any atom is -0.486 e. The number of carbonyl (C=O) groups is 1. The minimum absolute atomic E-state index is 0.0928. The van der Waals surface area contributed by atoms with Crippen molar-refractivity contribution in [3.63, 3.8) is 0 Å². The molecule has 0 unspecified atom stereocenters. The van der Waals surface area contributed by atoms with Crippen molar-refractivity contribution in [3.05, 3.63) is 89.5 Å².